The van der Waals surface area contributed by atoms with Crippen molar-refractivity contribution in [3.63, 3.8) is 0 Å². The van der Waals surface area contributed by atoms with E-state index in [1.54, 1.807) is 0 Å². The molecule has 32 nitrogen and oxygen atoms in total. The van der Waals surface area contributed by atoms with E-state index in [1.807, 2.05) is 0 Å². The molecule has 29 atom stereocenters. The number of hydrogen-bond donors (Lipinski definition) is 20. The van der Waals surface area contributed by atoms with E-state index in [1.165, 1.54) is 0 Å². The molecule has 5 heterocycles. The van der Waals surface area contributed by atoms with E-state index in [0.29, 0.717) is 0 Å². The first kappa shape index (κ1) is 57.2. The molecule has 5 rings (SSSR count). The molecule has 20 N–H and O–H groups in total. The minimum absolute atomic E-state index is 0.840. The van der Waals surface area contributed by atoms with Gasteiger partial charge in [0.1, 0.15) is 146 Å². The average molecular weight is 1010 g/mol. The zero-order valence-corrected chi connectivity index (χ0v) is 35.3. The number of aliphatic hydroxyl groups excluding tert-OH is 20. The third-order valence-corrected chi connectivity index (χ3v) is 12.1. The van der Waals surface area contributed by atoms with Crippen LogP contribution in [0.25, 0.3) is 0 Å². The lowest BCUT2D eigenvalue weighted by molar-refractivity contribution is -0.394. The first-order chi connectivity index (χ1) is 32.1. The monoisotopic (exact) mass is 1010 g/mol. The number of carbonyl (C=O) groups is 1. The van der Waals surface area contributed by atoms with Gasteiger partial charge in [0.05, 0.1) is 45.6 Å². The van der Waals surface area contributed by atoms with Gasteiger partial charge in [0.15, 0.2) is 31.5 Å². The van der Waals surface area contributed by atoms with E-state index < -0.39 is 224 Å². The van der Waals surface area contributed by atoms with Crippen LogP contribution in [0.2, 0.25) is 0 Å². The Morgan fingerprint density at radius 1 is 0.412 bits per heavy atom. The lowest BCUT2D eigenvalue weighted by Gasteiger charge is -2.49. The largest absolute Gasteiger partial charge is 0.547 e. The summed E-state index contributed by atoms with van der Waals surface area (Å²) < 4.78 is 54.8. The minimum atomic E-state index is -2.70. The quantitative estimate of drug-likeness (QED) is 0.0538. The highest BCUT2D eigenvalue weighted by Gasteiger charge is 2.57. The molecule has 0 bridgehead atoms. The number of aliphatic carboxylic acids is 1. The summed E-state index contributed by atoms with van der Waals surface area (Å²) in [7, 11) is 0. The minimum Gasteiger partial charge on any atom is -0.547 e. The SMILES string of the molecule is O=C([O-])[C@H](O)[C@@H](O)[C@H](O[C@H]1O[C@H](CO)[C@@H](O[C@H]2O[C@H](CO)[C@@H](O[C@H]3O[C@H](CO)[C@@H](O[C@H]4O[C@H](CO)[C@@H](O[C@H]5O[C@H](CO)[C@@H](O)[C@H](O)[C@H]5O)[C@H](O)[C@H]4O)[C@H](O)[C@H]3O)[C@H](O)[C@H]2O)[C@H](O)[C@H]1O)[C@H](O)CO. The zero-order valence-electron chi connectivity index (χ0n) is 35.3. The maximum atomic E-state index is 11.2. The van der Waals surface area contributed by atoms with Crippen molar-refractivity contribution in [2.24, 2.45) is 0 Å². The summed E-state index contributed by atoms with van der Waals surface area (Å²) >= 11 is 0. The summed E-state index contributed by atoms with van der Waals surface area (Å²) in [6.07, 6.45) is -58.6. The van der Waals surface area contributed by atoms with Gasteiger partial charge in [0, 0.05) is 0 Å². The zero-order chi connectivity index (χ0) is 50.6. The van der Waals surface area contributed by atoms with Crippen molar-refractivity contribution in [1.29, 1.82) is 0 Å². The van der Waals surface area contributed by atoms with Crippen LogP contribution in [0.15, 0.2) is 0 Å². The molecule has 0 saturated carbocycles. The van der Waals surface area contributed by atoms with Gasteiger partial charge in [-0.15, -0.1) is 0 Å². The summed E-state index contributed by atoms with van der Waals surface area (Å²) in [5.74, 6) is -2.23. The highest BCUT2D eigenvalue weighted by molar-refractivity contribution is 5.70. The molecular weight excluding hydrogens is 944 g/mol. The van der Waals surface area contributed by atoms with Crippen molar-refractivity contribution in [3.8, 4) is 0 Å². The van der Waals surface area contributed by atoms with Crippen LogP contribution in [0.5, 0.6) is 0 Å². The third kappa shape index (κ3) is 12.0. The molecule has 0 aromatic heterocycles. The third-order valence-electron chi connectivity index (χ3n) is 12.1. The Hall–Kier alpha value is -1.73. The van der Waals surface area contributed by atoms with E-state index in [-0.39, 0.29) is 0 Å². The molecule has 0 radical (unpaired) electrons. The number of ether oxygens (including phenoxy) is 10. The Labute approximate surface area is 382 Å². The van der Waals surface area contributed by atoms with E-state index in [9.17, 15) is 112 Å². The van der Waals surface area contributed by atoms with E-state index in [2.05, 4.69) is 0 Å². The fourth-order valence-corrected chi connectivity index (χ4v) is 8.11. The van der Waals surface area contributed by atoms with Crippen molar-refractivity contribution in [2.75, 3.05) is 39.6 Å². The van der Waals surface area contributed by atoms with Crippen LogP contribution in [-0.2, 0) is 52.2 Å². The van der Waals surface area contributed by atoms with Gasteiger partial charge >= 0.3 is 0 Å². The highest BCUT2D eigenvalue weighted by atomic mass is 16.8. The van der Waals surface area contributed by atoms with Crippen LogP contribution in [0, 0.1) is 0 Å². The van der Waals surface area contributed by atoms with Crippen molar-refractivity contribution in [2.45, 2.75) is 178 Å². The van der Waals surface area contributed by atoms with E-state index in [0.717, 1.165) is 0 Å². The molecule has 0 spiro atoms. The Kier molecular flexibility index (Phi) is 20.9. The molecule has 0 aliphatic carbocycles. The molecule has 32 heteroatoms. The van der Waals surface area contributed by atoms with Gasteiger partial charge in [-0.05, 0) is 0 Å². The molecule has 5 saturated heterocycles. The fraction of sp³-hybridized carbons (Fsp3) is 0.972. The van der Waals surface area contributed by atoms with E-state index in [4.69, 9.17) is 47.4 Å². The second-order valence-electron chi connectivity index (χ2n) is 16.5. The number of carbonyl (C=O) groups excluding carboxylic acids is 1. The standard InChI is InChI=1S/C36H62O32/c37-1-7(43)26(15(46)20(51)31(57)58)64-33-22(53)16(47)28(9(3-39)60-33)66-35-24(55)18(49)30(11(5-41)62-35)68-36-25(56)19(50)29(12(6-42)63-36)67-34-23(54)17(48)27(10(4-40)61-34)65-32-21(52)14(45)13(44)8(2-38)59-32/h7-30,32-56H,1-6H2,(H,57,58)/p-1/t7-,8-,9-,10-,11-,12-,13-,14+,15-,16-,17-,18-,19-,20-,21-,22-,23-,24-,25-,26-,27-,28-,29-,30-,32-,33-,34-,35-,36-/m1/s1. The maximum absolute atomic E-state index is 11.2. The fourth-order valence-electron chi connectivity index (χ4n) is 8.11. The van der Waals surface area contributed by atoms with Gasteiger partial charge in [-0.2, -0.15) is 0 Å². The first-order valence-corrected chi connectivity index (χ1v) is 21.0. The Morgan fingerprint density at radius 2 is 0.691 bits per heavy atom. The lowest BCUT2D eigenvalue weighted by Crippen LogP contribution is -2.68. The Bertz CT molecular complexity index is 1530. The van der Waals surface area contributed by atoms with Crippen LogP contribution in [0.3, 0.4) is 0 Å². The predicted octanol–water partition coefficient (Wildman–Crippen LogP) is -15.7. The number of aliphatic hydroxyl groups is 20. The highest BCUT2D eigenvalue weighted by Crippen LogP contribution is 2.36. The van der Waals surface area contributed by atoms with E-state index >= 15 is 0 Å². The summed E-state index contributed by atoms with van der Waals surface area (Å²) in [5, 5.41) is 219. The molecule has 5 fully saturated rings. The average Bonchev–Trinajstić information content (AvgIpc) is 3.33. The summed E-state index contributed by atoms with van der Waals surface area (Å²) in [5.41, 5.74) is 0. The number of carboxylic acid groups (broad SMARTS) is 1. The molecule has 398 valence electrons. The Balaban J connectivity index is 1.22. The van der Waals surface area contributed by atoms with Crippen LogP contribution >= 0.6 is 0 Å². The van der Waals surface area contributed by atoms with Gasteiger partial charge < -0.3 is 159 Å². The molecule has 68 heavy (non-hydrogen) atoms. The molecule has 0 unspecified atom stereocenters. The second kappa shape index (κ2) is 24.8. The summed E-state index contributed by atoms with van der Waals surface area (Å²) in [4.78, 5) is 11.1. The van der Waals surface area contributed by atoms with Crippen LogP contribution < -0.4 is 5.11 Å². The maximum Gasteiger partial charge on any atom is 0.187 e. The number of rotatable bonds is 20. The van der Waals surface area contributed by atoms with Gasteiger partial charge in [-0.3, -0.25) is 0 Å². The molecule has 5 aliphatic heterocycles. The molecule has 0 aromatic carbocycles. The normalized spacial score (nSPS) is 47.8. The number of carboxylic acids is 1. The van der Waals surface area contributed by atoms with Crippen molar-refractivity contribution >= 4 is 5.97 Å². The van der Waals surface area contributed by atoms with Crippen molar-refractivity contribution < 1.29 is 159 Å². The lowest BCUT2D eigenvalue weighted by atomic mass is 9.95. The van der Waals surface area contributed by atoms with Gasteiger partial charge in [0.25, 0.3) is 0 Å². The van der Waals surface area contributed by atoms with Gasteiger partial charge in [-0.25, -0.2) is 0 Å². The predicted molar refractivity (Wildman–Crippen MR) is 199 cm³/mol. The molecule has 0 amide bonds. The molecule has 0 aromatic rings. The van der Waals surface area contributed by atoms with Crippen LogP contribution in [-0.4, -0.2) is 326 Å². The van der Waals surface area contributed by atoms with Crippen molar-refractivity contribution in [3.05, 3.63) is 0 Å². The number of hydrogen-bond acceptors (Lipinski definition) is 32. The van der Waals surface area contributed by atoms with Crippen molar-refractivity contribution in [1.82, 2.24) is 0 Å². The van der Waals surface area contributed by atoms with Crippen LogP contribution in [0.4, 0.5) is 0 Å². The second-order valence-corrected chi connectivity index (χ2v) is 16.5. The molecule has 5 aliphatic rings. The van der Waals surface area contributed by atoms with Crippen LogP contribution in [0.1, 0.15) is 0 Å². The van der Waals surface area contributed by atoms with Gasteiger partial charge in [0.2, 0.25) is 0 Å². The topological polar surface area (TPSA) is 537 Å². The summed E-state index contributed by atoms with van der Waals surface area (Å²) in [6.45, 7) is -6.21. The summed E-state index contributed by atoms with van der Waals surface area (Å²) in [6, 6.07) is 0. The smallest absolute Gasteiger partial charge is 0.187 e. The Morgan fingerprint density at radius 3 is 0.985 bits per heavy atom. The van der Waals surface area contributed by atoms with Gasteiger partial charge in [-0.1, -0.05) is 0 Å². The first-order valence-electron chi connectivity index (χ1n) is 21.0. The molecular formula is C36H61O32-.